The first kappa shape index (κ1) is 23.0. The van der Waals surface area contributed by atoms with Gasteiger partial charge in [-0.05, 0) is 25.1 Å². The molecule has 1 aromatic carbocycles. The molecule has 0 saturated carbocycles. The van der Waals surface area contributed by atoms with Crippen LogP contribution in [-0.4, -0.2) is 44.9 Å². The zero-order valence-electron chi connectivity index (χ0n) is 19.7. The van der Waals surface area contributed by atoms with Crippen LogP contribution >= 0.6 is 0 Å². The van der Waals surface area contributed by atoms with Gasteiger partial charge >= 0.3 is 5.97 Å². The summed E-state index contributed by atoms with van der Waals surface area (Å²) in [6, 6.07) is 12.4. The van der Waals surface area contributed by atoms with Crippen molar-refractivity contribution >= 4 is 11.8 Å². The molecule has 1 fully saturated rings. The average Bonchev–Trinajstić information content (AvgIpc) is 3.17. The van der Waals surface area contributed by atoms with Crippen LogP contribution in [0.5, 0.6) is 0 Å². The van der Waals surface area contributed by atoms with Crippen LogP contribution < -0.4 is 5.32 Å². The summed E-state index contributed by atoms with van der Waals surface area (Å²) < 4.78 is 7.77. The third-order valence-corrected chi connectivity index (χ3v) is 6.00. The third kappa shape index (κ3) is 5.09. The Kier molecular flexibility index (Phi) is 6.79. The van der Waals surface area contributed by atoms with Gasteiger partial charge in [-0.2, -0.15) is 0 Å². The van der Waals surface area contributed by atoms with Gasteiger partial charge in [0.1, 0.15) is 17.7 Å². The molecule has 2 aromatic heterocycles. The lowest BCUT2D eigenvalue weighted by atomic mass is 10.0. The van der Waals surface area contributed by atoms with E-state index in [-0.39, 0.29) is 24.4 Å². The lowest BCUT2D eigenvalue weighted by Crippen LogP contribution is -2.33. The maximum Gasteiger partial charge on any atom is 0.308 e. The van der Waals surface area contributed by atoms with Crippen molar-refractivity contribution in [3.8, 4) is 22.5 Å². The van der Waals surface area contributed by atoms with Gasteiger partial charge in [0.15, 0.2) is 0 Å². The van der Waals surface area contributed by atoms with Gasteiger partial charge in [-0.1, -0.05) is 37.6 Å². The summed E-state index contributed by atoms with van der Waals surface area (Å²) >= 11 is 0. The Morgan fingerprint density at radius 3 is 2.76 bits per heavy atom. The van der Waals surface area contributed by atoms with Gasteiger partial charge < -0.3 is 19.7 Å². The Balaban J connectivity index is 1.81. The minimum atomic E-state index is -0.632. The number of aliphatic hydroxyl groups is 1. The Morgan fingerprint density at radius 2 is 2.06 bits per heavy atom. The molecule has 0 bridgehead atoms. The van der Waals surface area contributed by atoms with Crippen molar-refractivity contribution in [1.82, 2.24) is 14.5 Å². The maximum atomic E-state index is 11.8. The van der Waals surface area contributed by atoms with E-state index >= 15 is 0 Å². The molecule has 1 aliphatic rings. The Hall–Kier alpha value is -3.19. The summed E-state index contributed by atoms with van der Waals surface area (Å²) in [7, 11) is 1.85. The number of cyclic esters (lactones) is 1. The summed E-state index contributed by atoms with van der Waals surface area (Å²) in [6.07, 6.45) is 2.03. The van der Waals surface area contributed by atoms with Crippen molar-refractivity contribution in [3.05, 3.63) is 54.0 Å². The predicted octanol–water partition coefficient (Wildman–Crippen LogP) is 4.54. The molecule has 7 nitrogen and oxygen atoms in total. The smallest absolute Gasteiger partial charge is 0.308 e. The number of carbonyl (C=O) groups excluding carboxylic acids is 1. The lowest BCUT2D eigenvalue weighted by Gasteiger charge is -2.26. The molecular formula is C26H32N4O3. The first-order valence-electron chi connectivity index (χ1n) is 11.5. The number of nitrogens with zero attached hydrogens (tertiary/aromatic N) is 3. The van der Waals surface area contributed by atoms with Gasteiger partial charge in [0.25, 0.3) is 0 Å². The molecular weight excluding hydrogens is 416 g/mol. The first-order chi connectivity index (χ1) is 15.9. The number of nitrogens with one attached hydrogen (secondary N) is 1. The van der Waals surface area contributed by atoms with E-state index in [1.807, 2.05) is 19.2 Å². The highest BCUT2D eigenvalue weighted by Crippen LogP contribution is 2.36. The van der Waals surface area contributed by atoms with E-state index in [2.05, 4.69) is 59.9 Å². The van der Waals surface area contributed by atoms with Crippen molar-refractivity contribution in [2.24, 2.45) is 0 Å². The highest BCUT2D eigenvalue weighted by molar-refractivity contribution is 5.80. The van der Waals surface area contributed by atoms with E-state index < -0.39 is 6.10 Å². The van der Waals surface area contributed by atoms with E-state index in [0.29, 0.717) is 19.4 Å². The predicted molar refractivity (Wildman–Crippen MR) is 129 cm³/mol. The number of hydrogen-bond donors (Lipinski definition) is 2. The van der Waals surface area contributed by atoms with Crippen LogP contribution in [0.15, 0.2) is 42.6 Å². The number of aryl methyl sites for hydroxylation is 1. The zero-order chi connectivity index (χ0) is 23.5. The molecule has 4 rings (SSSR count). The number of anilines is 1. The van der Waals surface area contributed by atoms with Gasteiger partial charge in [0.05, 0.1) is 23.9 Å². The number of carbonyl (C=O) groups is 1. The first-order valence-corrected chi connectivity index (χ1v) is 11.5. The van der Waals surface area contributed by atoms with Crippen LogP contribution in [0.25, 0.3) is 22.5 Å². The molecule has 33 heavy (non-hydrogen) atoms. The second-order valence-corrected chi connectivity index (χ2v) is 9.02. The van der Waals surface area contributed by atoms with Crippen molar-refractivity contribution in [2.45, 2.75) is 64.7 Å². The highest BCUT2D eigenvalue weighted by atomic mass is 16.5. The monoisotopic (exact) mass is 448 g/mol. The number of imidazole rings is 1. The quantitative estimate of drug-likeness (QED) is 0.516. The van der Waals surface area contributed by atoms with Crippen molar-refractivity contribution in [2.75, 3.05) is 12.4 Å². The van der Waals surface area contributed by atoms with E-state index in [0.717, 1.165) is 34.2 Å². The number of esters is 1. The molecule has 2 N–H and O–H groups in total. The summed E-state index contributed by atoms with van der Waals surface area (Å²) in [5.41, 5.74) is 5.20. The third-order valence-electron chi connectivity index (χ3n) is 6.00. The molecule has 1 aliphatic heterocycles. The van der Waals surface area contributed by atoms with Gasteiger partial charge in [-0.15, -0.1) is 0 Å². The number of aliphatic hydroxyl groups excluding tert-OH is 1. The summed E-state index contributed by atoms with van der Waals surface area (Å²) in [5, 5.41) is 13.1. The van der Waals surface area contributed by atoms with Gasteiger partial charge in [-0.25, -0.2) is 9.97 Å². The van der Waals surface area contributed by atoms with E-state index in [1.54, 1.807) is 6.20 Å². The van der Waals surface area contributed by atoms with Crippen LogP contribution in [0.4, 0.5) is 5.82 Å². The van der Waals surface area contributed by atoms with Crippen LogP contribution in [0.3, 0.4) is 0 Å². The maximum absolute atomic E-state index is 11.8. The Labute approximate surface area is 194 Å². The number of benzene rings is 1. The topological polar surface area (TPSA) is 89.3 Å². The molecule has 3 aromatic rings. The largest absolute Gasteiger partial charge is 0.462 e. The minimum Gasteiger partial charge on any atom is -0.462 e. The molecule has 174 valence electrons. The highest BCUT2D eigenvalue weighted by Gasteiger charge is 2.28. The number of hydrogen-bond acceptors (Lipinski definition) is 6. The normalized spacial score (nSPS) is 18.4. The number of ether oxygens (including phenoxy) is 1. The lowest BCUT2D eigenvalue weighted by molar-refractivity contribution is -0.160. The van der Waals surface area contributed by atoms with Gasteiger partial charge in [0, 0.05) is 49.7 Å². The van der Waals surface area contributed by atoms with E-state index in [1.165, 1.54) is 5.56 Å². The van der Waals surface area contributed by atoms with Crippen molar-refractivity contribution in [1.29, 1.82) is 0 Å². The van der Waals surface area contributed by atoms with Crippen molar-refractivity contribution in [3.63, 3.8) is 0 Å². The van der Waals surface area contributed by atoms with Crippen LogP contribution in [0, 0.1) is 6.92 Å². The van der Waals surface area contributed by atoms with Crippen LogP contribution in [0.2, 0.25) is 0 Å². The molecule has 7 heteroatoms. The SMILES string of the molecule is CNc1cc(-c2nc(C(C)C)n(CCC3CC(O)CC(=O)O3)c2-c2cccc(C)c2)ccn1. The Morgan fingerprint density at radius 1 is 1.24 bits per heavy atom. The second kappa shape index (κ2) is 9.75. The number of rotatable bonds is 7. The molecule has 2 atom stereocenters. The van der Waals surface area contributed by atoms with Gasteiger partial charge in [-0.3, -0.25) is 4.79 Å². The second-order valence-electron chi connectivity index (χ2n) is 9.02. The molecule has 0 aliphatic carbocycles. The van der Waals surface area contributed by atoms with Gasteiger partial charge in [0.2, 0.25) is 0 Å². The van der Waals surface area contributed by atoms with Crippen molar-refractivity contribution < 1.29 is 14.6 Å². The van der Waals surface area contributed by atoms with E-state index in [4.69, 9.17) is 9.72 Å². The van der Waals surface area contributed by atoms with Crippen LogP contribution in [0.1, 0.15) is 50.4 Å². The summed E-state index contributed by atoms with van der Waals surface area (Å²) in [4.78, 5) is 21.3. The molecule has 1 saturated heterocycles. The summed E-state index contributed by atoms with van der Waals surface area (Å²) in [6.45, 7) is 7.00. The van der Waals surface area contributed by atoms with Crippen LogP contribution in [-0.2, 0) is 16.1 Å². The fourth-order valence-electron chi connectivity index (χ4n) is 4.45. The number of pyridine rings is 1. The molecule has 3 heterocycles. The molecule has 0 spiro atoms. The molecule has 0 amide bonds. The summed E-state index contributed by atoms with van der Waals surface area (Å²) in [5.74, 6) is 1.63. The zero-order valence-corrected chi connectivity index (χ0v) is 19.7. The molecule has 2 unspecified atom stereocenters. The average molecular weight is 449 g/mol. The Bertz CT molecular complexity index is 1140. The standard InChI is InChI=1S/C26H32N4O3/c1-16(2)26-29-24(18-8-10-28-22(13-18)27-4)25(19-7-5-6-17(3)12-19)30(26)11-9-21-14-20(31)15-23(32)33-21/h5-8,10,12-13,16,20-21,31H,9,11,14-15H2,1-4H3,(H,27,28). The van der Waals surface area contributed by atoms with E-state index in [9.17, 15) is 9.90 Å². The minimum absolute atomic E-state index is 0.0767. The number of aromatic nitrogens is 3. The molecule has 0 radical (unpaired) electrons. The fraction of sp³-hybridized carbons (Fsp3) is 0.423. The fourth-order valence-corrected chi connectivity index (χ4v) is 4.45.